The first kappa shape index (κ1) is 20.5. The summed E-state index contributed by atoms with van der Waals surface area (Å²) in [5.74, 6) is -2.61. The van der Waals surface area contributed by atoms with Crippen molar-refractivity contribution < 1.29 is 22.4 Å². The Kier molecular flexibility index (Phi) is 6.88. The molecule has 24 heavy (non-hydrogen) atoms. The van der Waals surface area contributed by atoms with E-state index in [0.29, 0.717) is 19.6 Å². The number of carbonyl (C=O) groups is 2. The number of hydrogen-bond acceptors (Lipinski definition) is 5. The fourth-order valence-corrected chi connectivity index (χ4v) is 3.73. The molecule has 1 saturated heterocycles. The lowest BCUT2D eigenvalue weighted by atomic mass is 10.1. The van der Waals surface area contributed by atoms with Gasteiger partial charge in [-0.1, -0.05) is 0 Å². The van der Waals surface area contributed by atoms with E-state index in [0.717, 1.165) is 18.2 Å². The SMILES string of the molecule is CC(=O)c1ccc(S(=O)(=O)CC(=O)N2CCNC[C@@H]2C)cc1F.Cl. The zero-order valence-electron chi connectivity index (χ0n) is 13.4. The van der Waals surface area contributed by atoms with E-state index in [1.54, 1.807) is 0 Å². The highest BCUT2D eigenvalue weighted by Gasteiger charge is 2.28. The minimum absolute atomic E-state index is 0. The number of amides is 1. The van der Waals surface area contributed by atoms with Crippen LogP contribution < -0.4 is 5.32 Å². The van der Waals surface area contributed by atoms with E-state index >= 15 is 0 Å². The highest BCUT2D eigenvalue weighted by Crippen LogP contribution is 2.18. The van der Waals surface area contributed by atoms with Crippen LogP contribution >= 0.6 is 12.4 Å². The second-order valence-corrected chi connectivity index (χ2v) is 7.59. The molecular weight excluding hydrogens is 359 g/mol. The number of benzene rings is 1. The highest BCUT2D eigenvalue weighted by atomic mass is 35.5. The van der Waals surface area contributed by atoms with Crippen molar-refractivity contribution in [1.29, 1.82) is 0 Å². The van der Waals surface area contributed by atoms with Gasteiger partial charge >= 0.3 is 0 Å². The van der Waals surface area contributed by atoms with Gasteiger partial charge in [-0.2, -0.15) is 0 Å². The summed E-state index contributed by atoms with van der Waals surface area (Å²) in [5, 5.41) is 3.11. The van der Waals surface area contributed by atoms with Crippen LogP contribution in [0.25, 0.3) is 0 Å². The van der Waals surface area contributed by atoms with Crippen LogP contribution in [0.2, 0.25) is 0 Å². The number of hydrogen-bond donors (Lipinski definition) is 1. The number of sulfone groups is 1. The first-order valence-electron chi connectivity index (χ1n) is 7.26. The van der Waals surface area contributed by atoms with Crippen molar-refractivity contribution in [3.8, 4) is 0 Å². The van der Waals surface area contributed by atoms with Crippen LogP contribution in [-0.4, -0.2) is 56.4 Å². The Morgan fingerprint density at radius 1 is 1.38 bits per heavy atom. The van der Waals surface area contributed by atoms with Crippen molar-refractivity contribution in [1.82, 2.24) is 10.2 Å². The molecule has 134 valence electrons. The largest absolute Gasteiger partial charge is 0.337 e. The fraction of sp³-hybridized carbons (Fsp3) is 0.467. The topological polar surface area (TPSA) is 83.5 Å². The average molecular weight is 379 g/mol. The van der Waals surface area contributed by atoms with E-state index in [4.69, 9.17) is 0 Å². The average Bonchev–Trinajstić information content (AvgIpc) is 2.46. The maximum atomic E-state index is 13.8. The van der Waals surface area contributed by atoms with E-state index in [9.17, 15) is 22.4 Å². The van der Waals surface area contributed by atoms with E-state index in [1.807, 2.05) is 6.92 Å². The van der Waals surface area contributed by atoms with Crippen LogP contribution in [-0.2, 0) is 14.6 Å². The van der Waals surface area contributed by atoms with Gasteiger partial charge in [-0.15, -0.1) is 12.4 Å². The van der Waals surface area contributed by atoms with Crippen LogP contribution in [0.4, 0.5) is 4.39 Å². The summed E-state index contributed by atoms with van der Waals surface area (Å²) < 4.78 is 38.4. The molecule has 1 N–H and O–H groups in total. The molecule has 1 aromatic rings. The zero-order chi connectivity index (χ0) is 17.2. The van der Waals surface area contributed by atoms with Gasteiger partial charge in [0, 0.05) is 25.7 Å². The number of ketones is 1. The Labute approximate surface area is 146 Å². The second-order valence-electron chi connectivity index (χ2n) is 5.60. The highest BCUT2D eigenvalue weighted by molar-refractivity contribution is 7.92. The lowest BCUT2D eigenvalue weighted by molar-refractivity contribution is -0.131. The standard InChI is InChI=1S/C15H19FN2O4S.ClH/c1-10-8-17-5-6-18(10)15(20)9-23(21,22)12-3-4-13(11(2)19)14(16)7-12;/h3-4,7,10,17H,5-6,8-9H2,1-2H3;1H/t10-;/m0./s1. The molecule has 0 radical (unpaired) electrons. The number of nitrogens with zero attached hydrogens (tertiary/aromatic N) is 1. The van der Waals surface area contributed by atoms with E-state index in [-0.39, 0.29) is 28.9 Å². The quantitative estimate of drug-likeness (QED) is 0.791. The van der Waals surface area contributed by atoms with Crippen molar-refractivity contribution in [3.05, 3.63) is 29.6 Å². The molecule has 0 unspecified atom stereocenters. The third kappa shape index (κ3) is 4.52. The molecule has 9 heteroatoms. The van der Waals surface area contributed by atoms with Crippen LogP contribution in [0.15, 0.2) is 23.1 Å². The minimum Gasteiger partial charge on any atom is -0.337 e. The Hall–Kier alpha value is -1.51. The molecule has 2 rings (SSSR count). The molecule has 1 atom stereocenters. The molecule has 1 aromatic carbocycles. The Morgan fingerprint density at radius 3 is 2.58 bits per heavy atom. The summed E-state index contributed by atoms with van der Waals surface area (Å²) in [7, 11) is -3.96. The Bertz CT molecular complexity index is 739. The van der Waals surface area contributed by atoms with Gasteiger partial charge in [0.1, 0.15) is 11.6 Å². The maximum absolute atomic E-state index is 13.8. The first-order valence-corrected chi connectivity index (χ1v) is 8.91. The molecule has 0 bridgehead atoms. The number of Topliss-reactive ketones (excluding diaryl/α,β-unsaturated/α-hetero) is 1. The van der Waals surface area contributed by atoms with Gasteiger partial charge < -0.3 is 10.2 Å². The lowest BCUT2D eigenvalue weighted by Gasteiger charge is -2.33. The second kappa shape index (κ2) is 8.04. The normalized spacial score (nSPS) is 18.0. The molecule has 6 nitrogen and oxygen atoms in total. The molecule has 0 aliphatic carbocycles. The molecule has 1 amide bonds. The van der Waals surface area contributed by atoms with Crippen molar-refractivity contribution in [3.63, 3.8) is 0 Å². The number of piperazine rings is 1. The summed E-state index contributed by atoms with van der Waals surface area (Å²) >= 11 is 0. The number of halogens is 2. The lowest BCUT2D eigenvalue weighted by Crippen LogP contribution is -2.53. The Balaban J connectivity index is 0.00000288. The van der Waals surface area contributed by atoms with E-state index in [1.165, 1.54) is 11.8 Å². The zero-order valence-corrected chi connectivity index (χ0v) is 15.0. The molecule has 1 fully saturated rings. The van der Waals surface area contributed by atoms with Gasteiger partial charge in [-0.05, 0) is 32.0 Å². The van der Waals surface area contributed by atoms with Gasteiger partial charge in [-0.3, -0.25) is 9.59 Å². The monoisotopic (exact) mass is 378 g/mol. The molecule has 1 aliphatic heterocycles. The minimum atomic E-state index is -3.96. The number of nitrogens with one attached hydrogen (secondary N) is 1. The summed E-state index contributed by atoms with van der Waals surface area (Å²) in [6.07, 6.45) is 0. The van der Waals surface area contributed by atoms with Crippen molar-refractivity contribution in [2.75, 3.05) is 25.4 Å². The Morgan fingerprint density at radius 2 is 2.04 bits per heavy atom. The van der Waals surface area contributed by atoms with Gasteiger partial charge in [0.2, 0.25) is 5.91 Å². The molecule has 1 heterocycles. The molecule has 0 spiro atoms. The fourth-order valence-electron chi connectivity index (χ4n) is 2.52. The summed E-state index contributed by atoms with van der Waals surface area (Å²) in [5.41, 5.74) is -0.175. The summed E-state index contributed by atoms with van der Waals surface area (Å²) in [4.78, 5) is 24.6. The van der Waals surface area contributed by atoms with Crippen LogP contribution in [0.5, 0.6) is 0 Å². The molecule has 1 aliphatic rings. The van der Waals surface area contributed by atoms with Crippen LogP contribution in [0.1, 0.15) is 24.2 Å². The smallest absolute Gasteiger partial charge is 0.238 e. The van der Waals surface area contributed by atoms with Crippen molar-refractivity contribution >= 4 is 33.9 Å². The predicted molar refractivity (Wildman–Crippen MR) is 89.8 cm³/mol. The molecular formula is C15H20ClFN2O4S. The van der Waals surface area contributed by atoms with Crippen LogP contribution in [0.3, 0.4) is 0 Å². The molecule has 0 saturated carbocycles. The number of carbonyl (C=O) groups excluding carboxylic acids is 2. The van der Waals surface area contributed by atoms with E-state index < -0.39 is 33.1 Å². The van der Waals surface area contributed by atoms with Crippen molar-refractivity contribution in [2.45, 2.75) is 24.8 Å². The van der Waals surface area contributed by atoms with Gasteiger partial charge in [0.25, 0.3) is 0 Å². The van der Waals surface area contributed by atoms with Gasteiger partial charge in [-0.25, -0.2) is 12.8 Å². The van der Waals surface area contributed by atoms with Crippen molar-refractivity contribution in [2.24, 2.45) is 0 Å². The van der Waals surface area contributed by atoms with Crippen LogP contribution in [0, 0.1) is 5.82 Å². The number of rotatable bonds is 4. The predicted octanol–water partition coefficient (Wildman–Crippen LogP) is 1.04. The first-order chi connectivity index (χ1) is 10.7. The maximum Gasteiger partial charge on any atom is 0.238 e. The van der Waals surface area contributed by atoms with Gasteiger partial charge in [0.15, 0.2) is 15.6 Å². The third-order valence-electron chi connectivity index (χ3n) is 3.81. The summed E-state index contributed by atoms with van der Waals surface area (Å²) in [6, 6.07) is 2.98. The summed E-state index contributed by atoms with van der Waals surface area (Å²) in [6.45, 7) is 4.68. The third-order valence-corrected chi connectivity index (χ3v) is 5.41. The van der Waals surface area contributed by atoms with Gasteiger partial charge in [0.05, 0.1) is 10.5 Å². The van der Waals surface area contributed by atoms with E-state index in [2.05, 4.69) is 5.32 Å². The molecule has 0 aromatic heterocycles.